The predicted octanol–water partition coefficient (Wildman–Crippen LogP) is 2.97. The molecule has 0 radical (unpaired) electrons. The molecule has 1 aromatic carbocycles. The molecule has 1 aliphatic rings. The fourth-order valence-electron chi connectivity index (χ4n) is 2.75. The lowest BCUT2D eigenvalue weighted by Crippen LogP contribution is -2.44. The maximum atomic E-state index is 11.5. The van der Waals surface area contributed by atoms with Gasteiger partial charge >= 0.3 is 0 Å². The van der Waals surface area contributed by atoms with Crippen LogP contribution in [0, 0.1) is 5.92 Å². The SMILES string of the molecule is CC[C@H](C)[C@H](NC(C)=O)C1=N[C@@](C)(Cc2ccccc2)CO1. The van der Waals surface area contributed by atoms with Gasteiger partial charge in [0.2, 0.25) is 11.8 Å². The second-order valence-corrected chi connectivity index (χ2v) is 6.46. The molecule has 22 heavy (non-hydrogen) atoms. The minimum atomic E-state index is -0.263. The molecule has 2 rings (SSSR count). The van der Waals surface area contributed by atoms with E-state index in [2.05, 4.69) is 38.2 Å². The van der Waals surface area contributed by atoms with Crippen LogP contribution in [0.3, 0.4) is 0 Å². The second kappa shape index (κ2) is 6.95. The van der Waals surface area contributed by atoms with Crippen LogP contribution in [0.15, 0.2) is 35.3 Å². The van der Waals surface area contributed by atoms with Crippen molar-refractivity contribution in [3.63, 3.8) is 0 Å². The molecule has 0 bridgehead atoms. The van der Waals surface area contributed by atoms with Crippen LogP contribution in [0.5, 0.6) is 0 Å². The molecule has 1 N–H and O–H groups in total. The van der Waals surface area contributed by atoms with Gasteiger partial charge in [-0.3, -0.25) is 4.79 Å². The van der Waals surface area contributed by atoms with E-state index >= 15 is 0 Å². The van der Waals surface area contributed by atoms with Gasteiger partial charge in [0.1, 0.15) is 12.6 Å². The topological polar surface area (TPSA) is 50.7 Å². The quantitative estimate of drug-likeness (QED) is 0.878. The zero-order valence-corrected chi connectivity index (χ0v) is 13.9. The third-order valence-corrected chi connectivity index (χ3v) is 4.18. The lowest BCUT2D eigenvalue weighted by Gasteiger charge is -2.22. The zero-order valence-electron chi connectivity index (χ0n) is 13.9. The van der Waals surface area contributed by atoms with E-state index in [4.69, 9.17) is 9.73 Å². The Morgan fingerprint density at radius 2 is 2.09 bits per heavy atom. The third kappa shape index (κ3) is 4.09. The molecule has 120 valence electrons. The molecule has 4 heteroatoms. The number of hydrogen-bond acceptors (Lipinski definition) is 3. The van der Waals surface area contributed by atoms with Crippen molar-refractivity contribution in [2.45, 2.75) is 52.1 Å². The van der Waals surface area contributed by atoms with Gasteiger partial charge < -0.3 is 10.1 Å². The fourth-order valence-corrected chi connectivity index (χ4v) is 2.75. The highest BCUT2D eigenvalue weighted by Gasteiger charge is 2.36. The highest BCUT2D eigenvalue weighted by molar-refractivity contribution is 5.88. The fraction of sp³-hybridized carbons (Fsp3) is 0.556. The predicted molar refractivity (Wildman–Crippen MR) is 89.0 cm³/mol. The van der Waals surface area contributed by atoms with E-state index in [0.29, 0.717) is 18.4 Å². The van der Waals surface area contributed by atoms with Gasteiger partial charge in [0.05, 0.1) is 5.54 Å². The molecular formula is C18H26N2O2. The van der Waals surface area contributed by atoms with Crippen molar-refractivity contribution in [2.24, 2.45) is 10.9 Å². The molecule has 0 spiro atoms. The summed E-state index contributed by atoms with van der Waals surface area (Å²) >= 11 is 0. The number of amides is 1. The second-order valence-electron chi connectivity index (χ2n) is 6.46. The van der Waals surface area contributed by atoms with Crippen LogP contribution < -0.4 is 5.32 Å². The van der Waals surface area contributed by atoms with Crippen molar-refractivity contribution in [1.29, 1.82) is 0 Å². The van der Waals surface area contributed by atoms with E-state index in [1.807, 2.05) is 18.2 Å². The molecule has 0 aliphatic carbocycles. The minimum Gasteiger partial charge on any atom is -0.477 e. The number of rotatable bonds is 6. The Bertz CT molecular complexity index is 541. The highest BCUT2D eigenvalue weighted by atomic mass is 16.5. The number of hydrogen-bond donors (Lipinski definition) is 1. The highest BCUT2D eigenvalue weighted by Crippen LogP contribution is 2.26. The standard InChI is InChI=1S/C18H26N2O2/c1-5-13(2)16(19-14(3)21)17-20-18(4,12-22-17)11-15-9-7-6-8-10-15/h6-10,13,16H,5,11-12H2,1-4H3,(H,19,21)/t13-,16-,18-/m0/s1. The van der Waals surface area contributed by atoms with E-state index in [1.54, 1.807) is 0 Å². The van der Waals surface area contributed by atoms with Crippen molar-refractivity contribution in [2.75, 3.05) is 6.61 Å². The number of carbonyl (C=O) groups excluding carboxylic acids is 1. The summed E-state index contributed by atoms with van der Waals surface area (Å²) in [6.07, 6.45) is 1.80. The Balaban J connectivity index is 2.15. The van der Waals surface area contributed by atoms with Crippen molar-refractivity contribution in [3.8, 4) is 0 Å². The molecule has 1 amide bonds. The van der Waals surface area contributed by atoms with Gasteiger partial charge in [-0.05, 0) is 18.4 Å². The largest absolute Gasteiger partial charge is 0.477 e. The zero-order chi connectivity index (χ0) is 16.2. The first-order valence-electron chi connectivity index (χ1n) is 7.97. The van der Waals surface area contributed by atoms with Crippen LogP contribution in [0.25, 0.3) is 0 Å². The number of nitrogens with one attached hydrogen (secondary N) is 1. The first kappa shape index (κ1) is 16.5. The van der Waals surface area contributed by atoms with Gasteiger partial charge in [0.25, 0.3) is 0 Å². The van der Waals surface area contributed by atoms with Gasteiger partial charge in [-0.2, -0.15) is 0 Å². The van der Waals surface area contributed by atoms with Gasteiger partial charge in [-0.15, -0.1) is 0 Å². The molecule has 0 aromatic heterocycles. The summed E-state index contributed by atoms with van der Waals surface area (Å²) in [5.74, 6) is 0.915. The normalized spacial score (nSPS) is 23.4. The summed E-state index contributed by atoms with van der Waals surface area (Å²) in [5, 5.41) is 2.98. The van der Waals surface area contributed by atoms with E-state index in [9.17, 15) is 4.79 Å². The Morgan fingerprint density at radius 1 is 1.41 bits per heavy atom. The van der Waals surface area contributed by atoms with Gasteiger partial charge in [0, 0.05) is 13.3 Å². The Hall–Kier alpha value is -1.84. The molecule has 0 fully saturated rings. The Labute approximate surface area is 133 Å². The van der Waals surface area contributed by atoms with Gasteiger partial charge in [-0.1, -0.05) is 50.6 Å². The monoisotopic (exact) mass is 302 g/mol. The average Bonchev–Trinajstić information content (AvgIpc) is 2.86. The number of benzene rings is 1. The maximum Gasteiger partial charge on any atom is 0.217 e. The summed E-state index contributed by atoms with van der Waals surface area (Å²) in [6.45, 7) is 8.42. The maximum absolute atomic E-state index is 11.5. The third-order valence-electron chi connectivity index (χ3n) is 4.18. The van der Waals surface area contributed by atoms with Crippen LogP contribution >= 0.6 is 0 Å². The van der Waals surface area contributed by atoms with Gasteiger partial charge in [-0.25, -0.2) is 4.99 Å². The molecule has 1 heterocycles. The molecule has 4 nitrogen and oxygen atoms in total. The van der Waals surface area contributed by atoms with E-state index in [0.717, 1.165) is 12.8 Å². The molecule has 1 aliphatic heterocycles. The molecule has 0 unspecified atom stereocenters. The van der Waals surface area contributed by atoms with Crippen LogP contribution in [0.2, 0.25) is 0 Å². The molecule has 1 aromatic rings. The van der Waals surface area contributed by atoms with E-state index in [1.165, 1.54) is 12.5 Å². The summed E-state index contributed by atoms with van der Waals surface area (Å²) < 4.78 is 5.86. The van der Waals surface area contributed by atoms with Crippen molar-refractivity contribution < 1.29 is 9.53 Å². The first-order chi connectivity index (χ1) is 10.4. The number of nitrogens with zero attached hydrogens (tertiary/aromatic N) is 1. The van der Waals surface area contributed by atoms with E-state index in [-0.39, 0.29) is 17.5 Å². The van der Waals surface area contributed by atoms with Crippen LogP contribution in [0.1, 0.15) is 39.7 Å². The van der Waals surface area contributed by atoms with E-state index < -0.39 is 0 Å². The van der Waals surface area contributed by atoms with Crippen molar-refractivity contribution in [3.05, 3.63) is 35.9 Å². The number of aliphatic imine (C=N–C) groups is 1. The molecule has 3 atom stereocenters. The number of carbonyl (C=O) groups is 1. The molecule has 0 saturated carbocycles. The lowest BCUT2D eigenvalue weighted by atomic mass is 9.94. The molecule has 0 saturated heterocycles. The van der Waals surface area contributed by atoms with Gasteiger partial charge in [0.15, 0.2) is 0 Å². The van der Waals surface area contributed by atoms with Crippen molar-refractivity contribution >= 4 is 11.8 Å². The van der Waals surface area contributed by atoms with Crippen LogP contribution in [-0.2, 0) is 16.0 Å². The Morgan fingerprint density at radius 3 is 2.68 bits per heavy atom. The summed E-state index contributed by atoms with van der Waals surface area (Å²) in [5.41, 5.74) is 0.985. The minimum absolute atomic E-state index is 0.0479. The summed E-state index contributed by atoms with van der Waals surface area (Å²) in [7, 11) is 0. The number of ether oxygens (including phenoxy) is 1. The van der Waals surface area contributed by atoms with Crippen molar-refractivity contribution in [1.82, 2.24) is 5.32 Å². The lowest BCUT2D eigenvalue weighted by molar-refractivity contribution is -0.119. The smallest absolute Gasteiger partial charge is 0.217 e. The molecular weight excluding hydrogens is 276 g/mol. The average molecular weight is 302 g/mol. The van der Waals surface area contributed by atoms with Crippen LogP contribution in [-0.4, -0.2) is 30.0 Å². The summed E-state index contributed by atoms with van der Waals surface area (Å²) in [4.78, 5) is 16.3. The summed E-state index contributed by atoms with van der Waals surface area (Å²) in [6, 6.07) is 10.2. The Kier molecular flexibility index (Phi) is 5.22. The first-order valence-corrected chi connectivity index (χ1v) is 7.97. The van der Waals surface area contributed by atoms with Crippen LogP contribution in [0.4, 0.5) is 0 Å².